The second-order valence-corrected chi connectivity index (χ2v) is 3.52. The van der Waals surface area contributed by atoms with Gasteiger partial charge >= 0.3 is 39.7 Å². The number of para-hydroxylation sites is 1. The molecule has 3 rings (SSSR count). The van der Waals surface area contributed by atoms with Crippen LogP contribution in [0.4, 0.5) is 0 Å². The third-order valence-electron chi connectivity index (χ3n) is 2.26. The Labute approximate surface area is 141 Å². The van der Waals surface area contributed by atoms with Crippen LogP contribution in [0.25, 0.3) is 0 Å². The molecular formula is C17H12FeO4+. The van der Waals surface area contributed by atoms with Crippen molar-refractivity contribution in [3.05, 3.63) is 86.9 Å². The number of hydrogen-bond donors (Lipinski definition) is 0. The minimum Gasteiger partial charge on any atom is -0.0312 e. The summed E-state index contributed by atoms with van der Waals surface area (Å²) in [6.45, 7) is 9.33. The molecule has 0 unspecified atom stereocenters. The molecule has 1 aliphatic carbocycles. The molecule has 0 saturated heterocycles. The van der Waals surface area contributed by atoms with E-state index in [-0.39, 0.29) is 17.1 Å². The summed E-state index contributed by atoms with van der Waals surface area (Å²) in [5.41, 5.74) is 1.42. The van der Waals surface area contributed by atoms with Gasteiger partial charge in [0.05, 0.1) is 12.9 Å². The quantitative estimate of drug-likeness (QED) is 0.342. The van der Waals surface area contributed by atoms with Gasteiger partial charge in [0, 0.05) is 5.75 Å². The van der Waals surface area contributed by atoms with E-state index in [0.717, 1.165) is 17.6 Å². The number of carbonyl (C=O) groups is 1. The summed E-state index contributed by atoms with van der Waals surface area (Å²) in [5.74, 6) is 0.795. The van der Waals surface area contributed by atoms with Gasteiger partial charge in [-0.05, 0) is 32.1 Å². The van der Waals surface area contributed by atoms with Gasteiger partial charge in [-0.15, -0.1) is 23.8 Å². The zero-order chi connectivity index (χ0) is 15.9. The van der Waals surface area contributed by atoms with Gasteiger partial charge in [-0.3, -0.25) is 0 Å². The first-order chi connectivity index (χ1) is 10.4. The van der Waals surface area contributed by atoms with E-state index in [1.807, 2.05) is 56.4 Å². The monoisotopic (exact) mass is 336 g/mol. The third-order valence-corrected chi connectivity index (χ3v) is 2.26. The molecule has 0 N–H and O–H groups in total. The summed E-state index contributed by atoms with van der Waals surface area (Å²) in [5, 5.41) is 0. The fourth-order valence-corrected chi connectivity index (χ4v) is 1.44. The Balaban J connectivity index is 0. The van der Waals surface area contributed by atoms with Crippen LogP contribution >= 0.6 is 0 Å². The van der Waals surface area contributed by atoms with Crippen LogP contribution in [0, 0.1) is 51.5 Å². The minimum atomic E-state index is 0. The smallest absolute Gasteiger partial charge is 0.0312 e. The van der Waals surface area contributed by atoms with E-state index in [1.165, 1.54) is 0 Å². The molecular weight excluding hydrogens is 324 g/mol. The van der Waals surface area contributed by atoms with Crippen molar-refractivity contribution in [2.75, 3.05) is 6.61 Å². The zero-order valence-electron chi connectivity index (χ0n) is 11.5. The Hall–Kier alpha value is -1.57. The Morgan fingerprint density at radius 2 is 1.50 bits per heavy atom. The SMILES string of the molecule is O=CC1=[C-]c2ccccc2OC1.[C-]#[O+].[C-]#[O+].[CH]1[CH][CH][CH][CH]1.[Fe+2]. The van der Waals surface area contributed by atoms with E-state index in [2.05, 4.69) is 19.4 Å². The summed E-state index contributed by atoms with van der Waals surface area (Å²) in [7, 11) is 0. The van der Waals surface area contributed by atoms with Gasteiger partial charge in [-0.2, -0.15) is 0 Å². The van der Waals surface area contributed by atoms with Crippen molar-refractivity contribution in [2.45, 2.75) is 0 Å². The molecule has 0 spiro atoms. The van der Waals surface area contributed by atoms with Crippen LogP contribution in [-0.2, 0) is 31.2 Å². The fourth-order valence-electron chi connectivity index (χ4n) is 1.44. The molecule has 2 aliphatic rings. The van der Waals surface area contributed by atoms with Crippen LogP contribution in [-0.4, -0.2) is 12.9 Å². The zero-order valence-corrected chi connectivity index (χ0v) is 12.6. The Bertz CT molecular complexity index is 474. The molecule has 1 aliphatic heterocycles. The molecule has 4 nitrogen and oxygen atoms in total. The van der Waals surface area contributed by atoms with Gasteiger partial charge in [0.1, 0.15) is 0 Å². The van der Waals surface area contributed by atoms with Crippen molar-refractivity contribution < 1.29 is 35.9 Å². The molecule has 0 amide bonds. The molecule has 5 heteroatoms. The average Bonchev–Trinajstić information content (AvgIpc) is 3.18. The number of aldehydes is 1. The number of fused-ring (bicyclic) bond motifs is 1. The van der Waals surface area contributed by atoms with E-state index in [4.69, 9.17) is 14.0 Å². The van der Waals surface area contributed by atoms with Gasteiger partial charge in [0.2, 0.25) is 0 Å². The number of carbonyl (C=O) groups excluding carboxylic acids is 1. The Morgan fingerprint density at radius 3 is 2.00 bits per heavy atom. The van der Waals surface area contributed by atoms with Gasteiger partial charge in [0.25, 0.3) is 0 Å². The molecule has 0 atom stereocenters. The van der Waals surface area contributed by atoms with Gasteiger partial charge in [-0.25, -0.2) is 0 Å². The van der Waals surface area contributed by atoms with Crippen molar-refractivity contribution in [3.8, 4) is 5.75 Å². The standard InChI is InChI=1S/C10H7O2.C5H5.2CO.Fe/c11-6-8-5-9-3-1-2-4-10(9)12-7-8;1-2-4-5-3-1;2*1-2;/h1-4,6H,7H2;1-5H;;;/q-1;;;;+2. The van der Waals surface area contributed by atoms with Crippen molar-refractivity contribution in [2.24, 2.45) is 0 Å². The van der Waals surface area contributed by atoms with Crippen LogP contribution in [0.1, 0.15) is 5.56 Å². The third kappa shape index (κ3) is 8.66. The number of hydrogen-bond acceptors (Lipinski definition) is 2. The van der Waals surface area contributed by atoms with E-state index < -0.39 is 0 Å². The number of rotatable bonds is 1. The predicted octanol–water partition coefficient (Wildman–Crippen LogP) is 2.30. The number of ether oxygens (including phenoxy) is 1. The molecule has 0 bridgehead atoms. The largest absolute Gasteiger partial charge is 2.00 e. The summed E-state index contributed by atoms with van der Waals surface area (Å²) in [6.07, 6.45) is 13.7. The molecule has 1 fully saturated rings. The van der Waals surface area contributed by atoms with Crippen molar-refractivity contribution in [1.29, 1.82) is 0 Å². The van der Waals surface area contributed by atoms with Crippen LogP contribution in [0.5, 0.6) is 5.75 Å². The molecule has 111 valence electrons. The fraction of sp³-hybridized carbons (Fsp3) is 0.0588. The molecule has 1 aromatic carbocycles. The average molecular weight is 336 g/mol. The first kappa shape index (κ1) is 22.7. The second-order valence-electron chi connectivity index (χ2n) is 3.52. The van der Waals surface area contributed by atoms with Crippen molar-refractivity contribution in [1.82, 2.24) is 0 Å². The maximum absolute atomic E-state index is 10.4. The molecule has 0 aromatic heterocycles. The van der Waals surface area contributed by atoms with Gasteiger partial charge < -0.3 is 9.53 Å². The molecule has 5 radical (unpaired) electrons. The van der Waals surface area contributed by atoms with Gasteiger partial charge in [-0.1, -0.05) is 17.7 Å². The first-order valence-corrected chi connectivity index (χ1v) is 5.77. The minimum absolute atomic E-state index is 0. The van der Waals surface area contributed by atoms with Crippen molar-refractivity contribution in [3.63, 3.8) is 0 Å². The predicted molar refractivity (Wildman–Crippen MR) is 73.2 cm³/mol. The van der Waals surface area contributed by atoms with E-state index in [1.54, 1.807) is 0 Å². The molecule has 1 heterocycles. The second kappa shape index (κ2) is 15.8. The summed E-state index contributed by atoms with van der Waals surface area (Å²) in [4.78, 5) is 10.4. The summed E-state index contributed by atoms with van der Waals surface area (Å²) >= 11 is 0. The maximum Gasteiger partial charge on any atom is 2.00 e. The van der Waals surface area contributed by atoms with E-state index in [0.29, 0.717) is 12.2 Å². The van der Waals surface area contributed by atoms with E-state index >= 15 is 0 Å². The van der Waals surface area contributed by atoms with Gasteiger partial charge in [0.15, 0.2) is 0 Å². The molecule has 22 heavy (non-hydrogen) atoms. The first-order valence-electron chi connectivity index (χ1n) is 5.77. The van der Waals surface area contributed by atoms with E-state index in [9.17, 15) is 4.79 Å². The number of benzene rings is 1. The Kier molecular flexibility index (Phi) is 16.3. The normalized spacial score (nSPS) is 13.4. The maximum atomic E-state index is 10.4. The topological polar surface area (TPSA) is 66.1 Å². The van der Waals surface area contributed by atoms with Crippen LogP contribution in [0.3, 0.4) is 0 Å². The molecule has 1 aromatic rings. The van der Waals surface area contributed by atoms with Crippen LogP contribution in [0.2, 0.25) is 0 Å². The Morgan fingerprint density at radius 1 is 1.00 bits per heavy atom. The van der Waals surface area contributed by atoms with Crippen molar-refractivity contribution >= 4 is 6.29 Å². The van der Waals surface area contributed by atoms with Crippen LogP contribution in [0.15, 0.2) is 29.8 Å². The molecule has 1 saturated carbocycles. The van der Waals surface area contributed by atoms with Crippen LogP contribution < -0.4 is 4.74 Å². The summed E-state index contributed by atoms with van der Waals surface area (Å²) < 4.78 is 20.3. The summed E-state index contributed by atoms with van der Waals surface area (Å²) in [6, 6.07) is 7.53.